The van der Waals surface area contributed by atoms with Crippen LogP contribution in [-0.2, 0) is 22.4 Å². The summed E-state index contributed by atoms with van der Waals surface area (Å²) in [6.45, 7) is 3.27. The summed E-state index contributed by atoms with van der Waals surface area (Å²) in [5.41, 5.74) is 13.2. The molecular weight excluding hydrogens is 686 g/mol. The van der Waals surface area contributed by atoms with E-state index in [0.29, 0.717) is 13.0 Å². The number of hydrogen-bond acceptors (Lipinski definition) is 6. The van der Waals surface area contributed by atoms with Crippen LogP contribution in [0.5, 0.6) is 0 Å². The maximum Gasteiger partial charge on any atom is 0.303 e. The fourth-order valence-electron chi connectivity index (χ4n) is 2.54. The summed E-state index contributed by atoms with van der Waals surface area (Å²) in [7, 11) is 0. The molecule has 0 bridgehead atoms. The van der Waals surface area contributed by atoms with Crippen molar-refractivity contribution in [3.05, 3.63) is 71.8 Å². The minimum atomic E-state index is -0.738. The number of unbranched alkanes of at least 4 members (excludes halogenated alkanes) is 2. The van der Waals surface area contributed by atoms with Gasteiger partial charge in [-0.3, -0.25) is 16.6 Å². The predicted octanol–water partition coefficient (Wildman–Crippen LogP) is 4.74. The number of halogens is 2. The van der Waals surface area contributed by atoms with E-state index in [-0.39, 0.29) is 12.8 Å². The SMILES string of the molecule is INCCc1ccccc1.NCCCCC(=O)O.NCCc1ccccc1.O=C(O)CCCCNI. The third-order valence-corrected chi connectivity index (χ3v) is 5.46. The molecule has 0 aromatic heterocycles. The van der Waals surface area contributed by atoms with E-state index in [1.165, 1.54) is 11.1 Å². The van der Waals surface area contributed by atoms with Crippen LogP contribution in [0.25, 0.3) is 0 Å². The second-order valence-corrected chi connectivity index (χ2v) is 9.04. The molecule has 0 fully saturated rings. The zero-order chi connectivity index (χ0) is 27.3. The highest BCUT2D eigenvalue weighted by molar-refractivity contribution is 14.1. The van der Waals surface area contributed by atoms with E-state index in [4.69, 9.17) is 21.7 Å². The Morgan fingerprint density at radius 3 is 1.47 bits per heavy atom. The van der Waals surface area contributed by atoms with Crippen molar-refractivity contribution in [2.45, 2.75) is 51.4 Å². The quantitative estimate of drug-likeness (QED) is 0.0929. The standard InChI is InChI=1S/C8H10IN.C8H11N.C5H10INO2.C5H11NO2/c9-10-7-6-8-4-2-1-3-5-8;9-7-6-8-4-2-1-3-5-8;6-7-4-2-1-3-5(8)9;6-4-2-1-3-5(7)8/h1-5,10H,6-7H2;1-5H,6-7,9H2;7H,1-4H2,(H,8,9);1-4,6H2,(H,7,8). The van der Waals surface area contributed by atoms with Gasteiger partial charge in [-0.1, -0.05) is 60.7 Å². The van der Waals surface area contributed by atoms with Crippen molar-refractivity contribution in [3.8, 4) is 0 Å². The molecule has 8 N–H and O–H groups in total. The largest absolute Gasteiger partial charge is 0.481 e. The molecule has 0 aliphatic heterocycles. The van der Waals surface area contributed by atoms with Crippen LogP contribution in [0.4, 0.5) is 0 Å². The third-order valence-electron chi connectivity index (χ3n) is 4.38. The average Bonchev–Trinajstić information content (AvgIpc) is 2.88. The molecule has 0 aliphatic carbocycles. The lowest BCUT2D eigenvalue weighted by molar-refractivity contribution is -0.138. The van der Waals surface area contributed by atoms with Gasteiger partial charge in [0.2, 0.25) is 0 Å². The van der Waals surface area contributed by atoms with Crippen molar-refractivity contribution in [2.75, 3.05) is 26.2 Å². The first-order chi connectivity index (χ1) is 17.4. The smallest absolute Gasteiger partial charge is 0.303 e. The number of nitrogens with two attached hydrogens (primary N) is 2. The zero-order valence-corrected chi connectivity index (χ0v) is 25.2. The number of nitrogens with one attached hydrogen (secondary N) is 2. The predicted molar refractivity (Wildman–Crippen MR) is 165 cm³/mol. The number of benzene rings is 2. The fourth-order valence-corrected chi connectivity index (χ4v) is 3.19. The molecule has 0 spiro atoms. The normalized spacial score (nSPS) is 9.44. The molecule has 2 rings (SSSR count). The van der Waals surface area contributed by atoms with E-state index in [9.17, 15) is 9.59 Å². The first-order valence-corrected chi connectivity index (χ1v) is 14.2. The van der Waals surface area contributed by atoms with E-state index < -0.39 is 11.9 Å². The highest BCUT2D eigenvalue weighted by Gasteiger charge is 1.94. The van der Waals surface area contributed by atoms with Crippen LogP contribution in [0.3, 0.4) is 0 Å². The highest BCUT2D eigenvalue weighted by Crippen LogP contribution is 1.98. The molecule has 2 aromatic rings. The molecule has 0 unspecified atom stereocenters. The maximum atomic E-state index is 9.94. The summed E-state index contributed by atoms with van der Waals surface area (Å²) < 4.78 is 6.00. The van der Waals surface area contributed by atoms with Crippen molar-refractivity contribution in [3.63, 3.8) is 0 Å². The van der Waals surface area contributed by atoms with Crippen LogP contribution in [0.15, 0.2) is 60.7 Å². The summed E-state index contributed by atoms with van der Waals surface area (Å²) in [6, 6.07) is 20.7. The van der Waals surface area contributed by atoms with E-state index in [2.05, 4.69) is 66.3 Å². The average molecular weight is 728 g/mol. The van der Waals surface area contributed by atoms with Gasteiger partial charge in [0.25, 0.3) is 0 Å². The summed E-state index contributed by atoms with van der Waals surface area (Å²) in [4.78, 5) is 19.8. The molecule has 0 saturated heterocycles. The Morgan fingerprint density at radius 1 is 0.639 bits per heavy atom. The molecule has 0 heterocycles. The molecule has 8 nitrogen and oxygen atoms in total. The molecule has 0 aliphatic rings. The third kappa shape index (κ3) is 30.7. The van der Waals surface area contributed by atoms with Gasteiger partial charge in [0, 0.05) is 71.7 Å². The van der Waals surface area contributed by atoms with E-state index in [0.717, 1.165) is 51.7 Å². The van der Waals surface area contributed by atoms with Crippen molar-refractivity contribution >= 4 is 57.7 Å². The van der Waals surface area contributed by atoms with Crippen LogP contribution < -0.4 is 18.5 Å². The Balaban J connectivity index is 0. The number of carboxylic acid groups (broad SMARTS) is 2. The van der Waals surface area contributed by atoms with Gasteiger partial charge < -0.3 is 21.7 Å². The van der Waals surface area contributed by atoms with Crippen LogP contribution in [0.2, 0.25) is 0 Å². The van der Waals surface area contributed by atoms with Crippen LogP contribution >= 0.6 is 45.7 Å². The molecule has 2 aromatic carbocycles. The number of carboxylic acids is 2. The van der Waals surface area contributed by atoms with Crippen molar-refractivity contribution in [1.82, 2.24) is 7.06 Å². The van der Waals surface area contributed by atoms with Crippen molar-refractivity contribution in [1.29, 1.82) is 0 Å². The van der Waals surface area contributed by atoms with Gasteiger partial charge in [0.1, 0.15) is 0 Å². The minimum Gasteiger partial charge on any atom is -0.481 e. The summed E-state index contributed by atoms with van der Waals surface area (Å²) in [6.07, 6.45) is 5.86. The lowest BCUT2D eigenvalue weighted by atomic mass is 10.2. The van der Waals surface area contributed by atoms with Crippen molar-refractivity contribution < 1.29 is 19.8 Å². The second-order valence-electron chi connectivity index (χ2n) is 7.52. The molecule has 10 heteroatoms. The summed E-state index contributed by atoms with van der Waals surface area (Å²) in [5.74, 6) is -1.44. The Hall–Kier alpha value is -1.32. The lowest BCUT2D eigenvalue weighted by Crippen LogP contribution is -2.02. The number of hydrogen-bond donors (Lipinski definition) is 6. The first-order valence-electron chi connectivity index (χ1n) is 12.0. The molecule has 0 amide bonds. The Labute approximate surface area is 244 Å². The van der Waals surface area contributed by atoms with Crippen LogP contribution in [-0.4, -0.2) is 48.3 Å². The minimum absolute atomic E-state index is 0.247. The van der Waals surface area contributed by atoms with Gasteiger partial charge in [-0.2, -0.15) is 0 Å². The molecule has 0 saturated carbocycles. The van der Waals surface area contributed by atoms with Crippen LogP contribution in [0.1, 0.15) is 49.7 Å². The van der Waals surface area contributed by atoms with Crippen molar-refractivity contribution in [2.24, 2.45) is 11.5 Å². The number of carbonyl (C=O) groups is 2. The van der Waals surface area contributed by atoms with Gasteiger partial charge >= 0.3 is 11.9 Å². The number of aliphatic carboxylic acids is 2. The fraction of sp³-hybridized carbons (Fsp3) is 0.462. The first kappa shape index (κ1) is 36.8. The van der Waals surface area contributed by atoms with Gasteiger partial charge in [-0.05, 0) is 62.7 Å². The number of rotatable bonds is 14. The zero-order valence-electron chi connectivity index (χ0n) is 20.9. The topological polar surface area (TPSA) is 151 Å². The summed E-state index contributed by atoms with van der Waals surface area (Å²) >= 11 is 4.21. The molecule has 36 heavy (non-hydrogen) atoms. The monoisotopic (exact) mass is 728 g/mol. The van der Waals surface area contributed by atoms with Gasteiger partial charge in [0.15, 0.2) is 0 Å². The van der Waals surface area contributed by atoms with Gasteiger partial charge in [-0.25, -0.2) is 0 Å². The highest BCUT2D eigenvalue weighted by atomic mass is 127. The van der Waals surface area contributed by atoms with E-state index >= 15 is 0 Å². The molecular formula is C26H42I2N4O4. The Bertz CT molecular complexity index is 741. The Kier molecular flexibility index (Phi) is 30.6. The van der Waals surface area contributed by atoms with Gasteiger partial charge in [-0.15, -0.1) is 0 Å². The van der Waals surface area contributed by atoms with Crippen LogP contribution in [0, 0.1) is 0 Å². The second kappa shape index (κ2) is 29.9. The van der Waals surface area contributed by atoms with Gasteiger partial charge in [0.05, 0.1) is 0 Å². The van der Waals surface area contributed by atoms with E-state index in [1.807, 2.05) is 47.1 Å². The van der Waals surface area contributed by atoms with E-state index in [1.54, 1.807) is 0 Å². The summed E-state index contributed by atoms with van der Waals surface area (Å²) in [5, 5.41) is 16.3. The maximum absolute atomic E-state index is 9.94. The molecule has 0 radical (unpaired) electrons. The lowest BCUT2D eigenvalue weighted by Gasteiger charge is -1.96. The molecule has 0 atom stereocenters. The molecule has 204 valence electrons. The Morgan fingerprint density at radius 2 is 1.08 bits per heavy atom.